The van der Waals surface area contributed by atoms with Crippen molar-refractivity contribution in [2.24, 2.45) is 5.92 Å². The van der Waals surface area contributed by atoms with E-state index >= 15 is 0 Å². The van der Waals surface area contributed by atoms with E-state index in [9.17, 15) is 9.59 Å². The summed E-state index contributed by atoms with van der Waals surface area (Å²) in [6, 6.07) is 14.2. The summed E-state index contributed by atoms with van der Waals surface area (Å²) in [5.41, 5.74) is 1.25. The lowest BCUT2D eigenvalue weighted by molar-refractivity contribution is -0.122. The van der Waals surface area contributed by atoms with Crippen molar-refractivity contribution in [3.63, 3.8) is 0 Å². The summed E-state index contributed by atoms with van der Waals surface area (Å²) in [6.07, 6.45) is 1.39. The van der Waals surface area contributed by atoms with E-state index in [-0.39, 0.29) is 11.8 Å². The van der Waals surface area contributed by atoms with Crippen molar-refractivity contribution in [1.82, 2.24) is 4.90 Å². The minimum absolute atomic E-state index is 0.0441. The van der Waals surface area contributed by atoms with Gasteiger partial charge in [0, 0.05) is 24.3 Å². The third-order valence-corrected chi connectivity index (χ3v) is 5.21. The van der Waals surface area contributed by atoms with Crippen LogP contribution in [0, 0.1) is 5.92 Å². The Bertz CT molecular complexity index is 842. The number of nitrogens with zero attached hydrogens (tertiary/aromatic N) is 1. The van der Waals surface area contributed by atoms with Crippen LogP contribution in [0.2, 0.25) is 0 Å². The molecule has 1 heterocycles. The van der Waals surface area contributed by atoms with Gasteiger partial charge in [0.2, 0.25) is 0 Å². The second-order valence-corrected chi connectivity index (χ2v) is 7.45. The van der Waals surface area contributed by atoms with E-state index in [0.717, 1.165) is 25.9 Å². The monoisotopic (exact) mass is 396 g/mol. The van der Waals surface area contributed by atoms with Gasteiger partial charge in [-0.2, -0.15) is 0 Å². The number of carbonyl (C=O) groups is 2. The molecule has 3 rings (SSSR count). The zero-order chi connectivity index (χ0) is 20.8. The molecule has 2 aromatic carbocycles. The molecule has 6 nitrogen and oxygen atoms in total. The number of hydrogen-bond donors (Lipinski definition) is 1. The van der Waals surface area contributed by atoms with Crippen LogP contribution in [0.4, 0.5) is 5.69 Å². The van der Waals surface area contributed by atoms with Gasteiger partial charge in [-0.05, 0) is 62.1 Å². The van der Waals surface area contributed by atoms with Crippen LogP contribution < -0.4 is 14.8 Å². The van der Waals surface area contributed by atoms with Gasteiger partial charge in [-0.15, -0.1) is 0 Å². The highest BCUT2D eigenvalue weighted by atomic mass is 16.5. The molecule has 6 heteroatoms. The summed E-state index contributed by atoms with van der Waals surface area (Å²) in [7, 11) is 1.56. The van der Waals surface area contributed by atoms with Gasteiger partial charge < -0.3 is 19.7 Å². The van der Waals surface area contributed by atoms with E-state index in [4.69, 9.17) is 9.47 Å². The summed E-state index contributed by atoms with van der Waals surface area (Å²) >= 11 is 0. The SMILES string of the molecule is COc1ccccc1OC(C)C(=O)Nc1ccc(C(=O)N2CCC(C)CC2)cc1. The van der Waals surface area contributed by atoms with Crippen LogP contribution in [0.3, 0.4) is 0 Å². The standard InChI is InChI=1S/C23H28N2O4/c1-16-12-14-25(15-13-16)23(27)18-8-10-19(11-9-18)24-22(26)17(2)29-21-7-5-4-6-20(21)28-3/h4-11,16-17H,12-15H2,1-3H3,(H,24,26). The average Bonchev–Trinajstić information content (AvgIpc) is 2.74. The fraction of sp³-hybridized carbons (Fsp3) is 0.391. The minimum Gasteiger partial charge on any atom is -0.493 e. The Morgan fingerprint density at radius 3 is 2.28 bits per heavy atom. The number of nitrogens with one attached hydrogen (secondary N) is 1. The second-order valence-electron chi connectivity index (χ2n) is 7.45. The molecule has 0 saturated carbocycles. The van der Waals surface area contributed by atoms with E-state index < -0.39 is 6.10 Å². The summed E-state index contributed by atoms with van der Waals surface area (Å²) in [5, 5.41) is 2.82. The van der Waals surface area contributed by atoms with Gasteiger partial charge in [0.05, 0.1) is 7.11 Å². The molecule has 154 valence electrons. The Hall–Kier alpha value is -3.02. The summed E-state index contributed by atoms with van der Waals surface area (Å²) in [6.45, 7) is 5.50. The summed E-state index contributed by atoms with van der Waals surface area (Å²) in [5.74, 6) is 1.52. The van der Waals surface area contributed by atoms with Crippen LogP contribution in [0.5, 0.6) is 11.5 Å². The first kappa shape index (κ1) is 20.7. The number of rotatable bonds is 6. The van der Waals surface area contributed by atoms with Crippen LogP contribution in [0.15, 0.2) is 48.5 Å². The van der Waals surface area contributed by atoms with Crippen molar-refractivity contribution < 1.29 is 19.1 Å². The number of para-hydroxylation sites is 2. The highest BCUT2D eigenvalue weighted by Crippen LogP contribution is 2.27. The zero-order valence-electron chi connectivity index (χ0n) is 17.2. The maximum atomic E-state index is 12.6. The third-order valence-electron chi connectivity index (χ3n) is 5.21. The Labute approximate surface area is 171 Å². The number of likely N-dealkylation sites (tertiary alicyclic amines) is 1. The number of carbonyl (C=O) groups excluding carboxylic acids is 2. The maximum absolute atomic E-state index is 12.6. The molecule has 29 heavy (non-hydrogen) atoms. The Morgan fingerprint density at radius 2 is 1.66 bits per heavy atom. The number of benzene rings is 2. The van der Waals surface area contributed by atoms with Gasteiger partial charge in [-0.25, -0.2) is 0 Å². The zero-order valence-corrected chi connectivity index (χ0v) is 17.2. The molecular formula is C23H28N2O4. The van der Waals surface area contributed by atoms with E-state index in [1.54, 1.807) is 50.4 Å². The third kappa shape index (κ3) is 5.28. The molecule has 0 aliphatic carbocycles. The lowest BCUT2D eigenvalue weighted by atomic mass is 9.98. The minimum atomic E-state index is -0.706. The number of ether oxygens (including phenoxy) is 2. The predicted octanol–water partition coefficient (Wildman–Crippen LogP) is 3.97. The van der Waals surface area contributed by atoms with Crippen molar-refractivity contribution >= 4 is 17.5 Å². The number of hydrogen-bond acceptors (Lipinski definition) is 4. The van der Waals surface area contributed by atoms with E-state index in [1.807, 2.05) is 17.0 Å². The normalized spacial score (nSPS) is 15.5. The molecule has 1 unspecified atom stereocenters. The average molecular weight is 396 g/mol. The second kappa shape index (κ2) is 9.45. The molecule has 1 fully saturated rings. The molecule has 0 spiro atoms. The first-order valence-electron chi connectivity index (χ1n) is 9.98. The quantitative estimate of drug-likeness (QED) is 0.802. The molecule has 2 aromatic rings. The molecule has 1 atom stereocenters. The molecule has 2 amide bonds. The van der Waals surface area contributed by atoms with Crippen molar-refractivity contribution in [2.75, 3.05) is 25.5 Å². The molecule has 0 radical (unpaired) electrons. The molecular weight excluding hydrogens is 368 g/mol. The van der Waals surface area contributed by atoms with Crippen molar-refractivity contribution in [2.45, 2.75) is 32.8 Å². The molecule has 1 aliphatic heterocycles. The van der Waals surface area contributed by atoms with Crippen LogP contribution >= 0.6 is 0 Å². The maximum Gasteiger partial charge on any atom is 0.265 e. The highest BCUT2D eigenvalue weighted by molar-refractivity contribution is 5.97. The Kier molecular flexibility index (Phi) is 6.75. The van der Waals surface area contributed by atoms with Gasteiger partial charge in [-0.1, -0.05) is 19.1 Å². The van der Waals surface area contributed by atoms with Crippen LogP contribution in [-0.4, -0.2) is 43.0 Å². The first-order valence-corrected chi connectivity index (χ1v) is 9.98. The molecule has 0 aromatic heterocycles. The predicted molar refractivity (Wildman–Crippen MR) is 112 cm³/mol. The lowest BCUT2D eigenvalue weighted by Crippen LogP contribution is -2.37. The molecule has 0 bridgehead atoms. The van der Waals surface area contributed by atoms with Gasteiger partial charge in [0.25, 0.3) is 11.8 Å². The number of piperidine rings is 1. The molecule has 1 N–H and O–H groups in total. The van der Waals surface area contributed by atoms with Gasteiger partial charge in [0.1, 0.15) is 0 Å². The fourth-order valence-corrected chi connectivity index (χ4v) is 3.29. The van der Waals surface area contributed by atoms with Crippen molar-refractivity contribution in [3.05, 3.63) is 54.1 Å². The van der Waals surface area contributed by atoms with Crippen molar-refractivity contribution in [3.8, 4) is 11.5 Å². The molecule has 1 saturated heterocycles. The van der Waals surface area contributed by atoms with Crippen LogP contribution in [-0.2, 0) is 4.79 Å². The Morgan fingerprint density at radius 1 is 1.03 bits per heavy atom. The number of anilines is 1. The summed E-state index contributed by atoms with van der Waals surface area (Å²) in [4.78, 5) is 27.0. The number of methoxy groups -OCH3 is 1. The van der Waals surface area contributed by atoms with Crippen LogP contribution in [0.25, 0.3) is 0 Å². The van der Waals surface area contributed by atoms with Crippen molar-refractivity contribution in [1.29, 1.82) is 0 Å². The van der Waals surface area contributed by atoms with Gasteiger partial charge >= 0.3 is 0 Å². The largest absolute Gasteiger partial charge is 0.493 e. The smallest absolute Gasteiger partial charge is 0.265 e. The van der Waals surface area contributed by atoms with Crippen LogP contribution in [0.1, 0.15) is 37.0 Å². The first-order chi connectivity index (χ1) is 14.0. The number of amides is 2. The van der Waals surface area contributed by atoms with E-state index in [2.05, 4.69) is 12.2 Å². The topological polar surface area (TPSA) is 67.9 Å². The van der Waals surface area contributed by atoms with Gasteiger partial charge in [-0.3, -0.25) is 9.59 Å². The summed E-state index contributed by atoms with van der Waals surface area (Å²) < 4.78 is 11.0. The Balaban J connectivity index is 1.57. The lowest BCUT2D eigenvalue weighted by Gasteiger charge is -2.30. The highest BCUT2D eigenvalue weighted by Gasteiger charge is 2.22. The molecule has 1 aliphatic rings. The van der Waals surface area contributed by atoms with E-state index in [1.165, 1.54) is 0 Å². The fourth-order valence-electron chi connectivity index (χ4n) is 3.29. The van der Waals surface area contributed by atoms with E-state index in [0.29, 0.717) is 28.7 Å². The van der Waals surface area contributed by atoms with Gasteiger partial charge in [0.15, 0.2) is 17.6 Å².